The third-order valence-electron chi connectivity index (χ3n) is 5.45. The molecule has 1 heterocycles. The molecule has 0 aromatic heterocycles. The van der Waals surface area contributed by atoms with E-state index in [-0.39, 0.29) is 6.61 Å². The van der Waals surface area contributed by atoms with E-state index < -0.39 is 0 Å². The van der Waals surface area contributed by atoms with Crippen LogP contribution in [0.25, 0.3) is 0 Å². The Morgan fingerprint density at radius 3 is 2.48 bits per heavy atom. The number of hydrogen-bond donors (Lipinski definition) is 1. The van der Waals surface area contributed by atoms with Crippen LogP contribution >= 0.6 is 0 Å². The van der Waals surface area contributed by atoms with Crippen molar-refractivity contribution < 1.29 is 9.84 Å². The monoisotopic (exact) mass is 368 g/mol. The van der Waals surface area contributed by atoms with Gasteiger partial charge in [0.15, 0.2) is 0 Å². The molecule has 0 bridgehead atoms. The Morgan fingerprint density at radius 2 is 1.74 bits per heavy atom. The van der Waals surface area contributed by atoms with E-state index in [1.807, 2.05) is 19.1 Å². The minimum Gasteiger partial charge on any atom is -0.494 e. The highest BCUT2D eigenvalue weighted by atomic mass is 16.5. The van der Waals surface area contributed by atoms with Crippen molar-refractivity contribution in [2.45, 2.75) is 39.4 Å². The first kappa shape index (κ1) is 19.9. The molecular formula is C23H32N2O2. The highest BCUT2D eigenvalue weighted by Crippen LogP contribution is 2.24. The summed E-state index contributed by atoms with van der Waals surface area (Å²) in [5.41, 5.74) is 3.98. The van der Waals surface area contributed by atoms with Gasteiger partial charge in [-0.3, -0.25) is 9.80 Å². The van der Waals surface area contributed by atoms with Gasteiger partial charge in [0.25, 0.3) is 0 Å². The van der Waals surface area contributed by atoms with Crippen molar-refractivity contribution >= 4 is 0 Å². The van der Waals surface area contributed by atoms with Gasteiger partial charge in [-0.15, -0.1) is 0 Å². The lowest BCUT2D eigenvalue weighted by molar-refractivity contribution is 0.0493. The average Bonchev–Trinajstić information content (AvgIpc) is 2.67. The van der Waals surface area contributed by atoms with Crippen molar-refractivity contribution in [1.82, 2.24) is 9.80 Å². The molecule has 0 amide bonds. The molecule has 0 radical (unpaired) electrons. The fourth-order valence-electron chi connectivity index (χ4n) is 3.91. The summed E-state index contributed by atoms with van der Waals surface area (Å²) >= 11 is 0. The molecule has 1 aliphatic rings. The zero-order valence-corrected chi connectivity index (χ0v) is 16.6. The Bertz CT molecular complexity index is 719. The Kier molecular flexibility index (Phi) is 7.27. The highest BCUT2D eigenvalue weighted by molar-refractivity contribution is 5.33. The maximum atomic E-state index is 9.59. The van der Waals surface area contributed by atoms with E-state index in [0.29, 0.717) is 12.6 Å². The highest BCUT2D eigenvalue weighted by Gasteiger charge is 2.27. The van der Waals surface area contributed by atoms with Crippen LogP contribution in [0.4, 0.5) is 0 Å². The van der Waals surface area contributed by atoms with E-state index in [0.717, 1.165) is 44.9 Å². The molecule has 2 aromatic rings. The number of ether oxygens (including phenoxy) is 1. The second-order valence-electron chi connectivity index (χ2n) is 7.34. The van der Waals surface area contributed by atoms with Crippen LogP contribution in [0.3, 0.4) is 0 Å². The maximum absolute atomic E-state index is 9.59. The van der Waals surface area contributed by atoms with Crippen LogP contribution in [-0.4, -0.2) is 53.8 Å². The fourth-order valence-corrected chi connectivity index (χ4v) is 3.91. The number of aryl methyl sites for hydroxylation is 1. The molecule has 1 unspecified atom stereocenters. The lowest BCUT2D eigenvalue weighted by Gasteiger charge is -2.41. The molecular weight excluding hydrogens is 336 g/mol. The summed E-state index contributed by atoms with van der Waals surface area (Å²) in [6.07, 6.45) is 0.807. The number of nitrogens with zero attached hydrogens (tertiary/aromatic N) is 2. The second kappa shape index (κ2) is 9.88. The Morgan fingerprint density at radius 1 is 1.00 bits per heavy atom. The first-order valence-electron chi connectivity index (χ1n) is 10.0. The van der Waals surface area contributed by atoms with Gasteiger partial charge in [0.1, 0.15) is 5.75 Å². The van der Waals surface area contributed by atoms with Gasteiger partial charge in [0.05, 0.1) is 6.61 Å². The predicted octanol–water partition coefficient (Wildman–Crippen LogP) is 3.46. The molecule has 4 heteroatoms. The van der Waals surface area contributed by atoms with Crippen LogP contribution in [0.1, 0.15) is 30.0 Å². The second-order valence-corrected chi connectivity index (χ2v) is 7.34. The molecule has 0 aliphatic carbocycles. The SMILES string of the molecule is CCOc1ccccc1CN1CCN(Cc2ccccc2C)CC1CCO. The summed E-state index contributed by atoms with van der Waals surface area (Å²) in [5, 5.41) is 9.59. The molecule has 27 heavy (non-hydrogen) atoms. The van der Waals surface area contributed by atoms with E-state index in [1.54, 1.807) is 0 Å². The molecule has 0 saturated carbocycles. The minimum atomic E-state index is 0.229. The van der Waals surface area contributed by atoms with E-state index in [4.69, 9.17) is 4.74 Å². The number of para-hydroxylation sites is 1. The van der Waals surface area contributed by atoms with E-state index >= 15 is 0 Å². The number of aliphatic hydroxyl groups is 1. The average molecular weight is 369 g/mol. The molecule has 146 valence electrons. The number of rotatable bonds is 8. The molecule has 0 spiro atoms. The van der Waals surface area contributed by atoms with Crippen molar-refractivity contribution in [3.8, 4) is 5.75 Å². The molecule has 1 atom stereocenters. The first-order chi connectivity index (χ1) is 13.2. The maximum Gasteiger partial charge on any atom is 0.123 e. The van der Waals surface area contributed by atoms with Crippen molar-refractivity contribution in [2.24, 2.45) is 0 Å². The number of hydrogen-bond acceptors (Lipinski definition) is 4. The zero-order valence-electron chi connectivity index (χ0n) is 16.6. The quantitative estimate of drug-likeness (QED) is 0.774. The van der Waals surface area contributed by atoms with Crippen LogP contribution < -0.4 is 4.74 Å². The van der Waals surface area contributed by atoms with Crippen LogP contribution in [0.2, 0.25) is 0 Å². The Balaban J connectivity index is 1.67. The lowest BCUT2D eigenvalue weighted by atomic mass is 10.0. The Hall–Kier alpha value is -1.88. The predicted molar refractivity (Wildman–Crippen MR) is 110 cm³/mol. The molecule has 1 fully saturated rings. The van der Waals surface area contributed by atoms with Crippen molar-refractivity contribution in [3.63, 3.8) is 0 Å². The number of aliphatic hydroxyl groups excluding tert-OH is 1. The van der Waals surface area contributed by atoms with Gasteiger partial charge in [0, 0.05) is 50.9 Å². The van der Waals surface area contributed by atoms with Crippen LogP contribution in [0.15, 0.2) is 48.5 Å². The number of piperazine rings is 1. The van der Waals surface area contributed by atoms with Crippen LogP contribution in [-0.2, 0) is 13.1 Å². The first-order valence-corrected chi connectivity index (χ1v) is 10.0. The molecule has 1 N–H and O–H groups in total. The van der Waals surface area contributed by atoms with Gasteiger partial charge in [-0.05, 0) is 37.5 Å². The molecule has 1 saturated heterocycles. The van der Waals surface area contributed by atoms with Gasteiger partial charge in [-0.2, -0.15) is 0 Å². The summed E-state index contributed by atoms with van der Waals surface area (Å²) in [4.78, 5) is 5.02. The normalized spacial score (nSPS) is 18.6. The minimum absolute atomic E-state index is 0.229. The smallest absolute Gasteiger partial charge is 0.123 e. The topological polar surface area (TPSA) is 35.9 Å². The van der Waals surface area contributed by atoms with Gasteiger partial charge >= 0.3 is 0 Å². The van der Waals surface area contributed by atoms with Crippen molar-refractivity contribution in [2.75, 3.05) is 32.8 Å². The molecule has 4 nitrogen and oxygen atoms in total. The van der Waals surface area contributed by atoms with Crippen molar-refractivity contribution in [3.05, 3.63) is 65.2 Å². The van der Waals surface area contributed by atoms with E-state index in [9.17, 15) is 5.11 Å². The van der Waals surface area contributed by atoms with Gasteiger partial charge in [-0.1, -0.05) is 42.5 Å². The third-order valence-corrected chi connectivity index (χ3v) is 5.45. The standard InChI is InChI=1S/C23H32N2O2/c1-3-27-23-11-7-6-10-21(23)17-25-14-13-24(18-22(25)12-15-26)16-20-9-5-4-8-19(20)2/h4-11,22,26H,3,12-18H2,1-2H3. The van der Waals surface area contributed by atoms with Crippen LogP contribution in [0, 0.1) is 6.92 Å². The zero-order chi connectivity index (χ0) is 19.1. The summed E-state index contributed by atoms with van der Waals surface area (Å²) in [6, 6.07) is 17.3. The third kappa shape index (κ3) is 5.32. The summed E-state index contributed by atoms with van der Waals surface area (Å²) < 4.78 is 5.80. The molecule has 2 aromatic carbocycles. The summed E-state index contributed by atoms with van der Waals surface area (Å²) in [7, 11) is 0. The molecule has 1 aliphatic heterocycles. The fraction of sp³-hybridized carbons (Fsp3) is 0.478. The Labute approximate surface area is 163 Å². The summed E-state index contributed by atoms with van der Waals surface area (Å²) in [6.45, 7) is 10.0. The van der Waals surface area contributed by atoms with Gasteiger partial charge in [-0.25, -0.2) is 0 Å². The van der Waals surface area contributed by atoms with E-state index in [1.165, 1.54) is 16.7 Å². The van der Waals surface area contributed by atoms with Crippen molar-refractivity contribution in [1.29, 1.82) is 0 Å². The van der Waals surface area contributed by atoms with Gasteiger partial charge < -0.3 is 9.84 Å². The van der Waals surface area contributed by atoms with E-state index in [2.05, 4.69) is 53.1 Å². The largest absolute Gasteiger partial charge is 0.494 e. The van der Waals surface area contributed by atoms with Crippen LogP contribution in [0.5, 0.6) is 5.75 Å². The van der Waals surface area contributed by atoms with Gasteiger partial charge in [0.2, 0.25) is 0 Å². The lowest BCUT2D eigenvalue weighted by Crippen LogP contribution is -2.52. The molecule has 3 rings (SSSR count). The summed E-state index contributed by atoms with van der Waals surface area (Å²) in [5.74, 6) is 0.977. The number of benzene rings is 2.